The number of fused-ring (bicyclic) bond motifs is 1. The molecule has 0 aliphatic carbocycles. The molecule has 0 atom stereocenters. The lowest BCUT2D eigenvalue weighted by Gasteiger charge is -2.03. The Morgan fingerprint density at radius 3 is 2.73 bits per heavy atom. The molecule has 0 saturated carbocycles. The fraction of sp³-hybridized carbons (Fsp3) is 0.0476. The second kappa shape index (κ2) is 6.61. The quantitative estimate of drug-likeness (QED) is 0.532. The number of carbonyl (C=O) groups is 1. The van der Waals surface area contributed by atoms with Crippen molar-refractivity contribution in [2.45, 2.75) is 0 Å². The van der Waals surface area contributed by atoms with Gasteiger partial charge in [0.2, 0.25) is 5.78 Å². The van der Waals surface area contributed by atoms with Crippen molar-refractivity contribution in [1.82, 2.24) is 4.98 Å². The normalized spacial score (nSPS) is 10.8. The molecule has 128 valence electrons. The van der Waals surface area contributed by atoms with Crippen molar-refractivity contribution in [2.24, 2.45) is 0 Å². The molecule has 0 radical (unpaired) electrons. The average molecular weight is 360 g/mol. The SMILES string of the molecule is COc1cccc(C(=O)c2sc3cc(-c4cccnc4)ccc3c2N)c1. The number of aromatic nitrogens is 1. The Hall–Kier alpha value is -3.18. The molecule has 0 amide bonds. The number of nitrogens with two attached hydrogens (primary N) is 1. The molecule has 4 nitrogen and oxygen atoms in total. The van der Waals surface area contributed by atoms with E-state index < -0.39 is 0 Å². The molecule has 2 N–H and O–H groups in total. The van der Waals surface area contributed by atoms with Crippen LogP contribution in [0.4, 0.5) is 5.69 Å². The van der Waals surface area contributed by atoms with Crippen LogP contribution in [-0.2, 0) is 0 Å². The van der Waals surface area contributed by atoms with E-state index in [0.29, 0.717) is 21.9 Å². The van der Waals surface area contributed by atoms with Crippen molar-refractivity contribution < 1.29 is 9.53 Å². The van der Waals surface area contributed by atoms with Gasteiger partial charge in [0.25, 0.3) is 0 Å². The Balaban J connectivity index is 1.78. The maximum absolute atomic E-state index is 12.9. The highest BCUT2D eigenvalue weighted by atomic mass is 32.1. The second-order valence-electron chi connectivity index (χ2n) is 5.86. The number of benzene rings is 2. The summed E-state index contributed by atoms with van der Waals surface area (Å²) in [6.07, 6.45) is 3.57. The van der Waals surface area contributed by atoms with E-state index >= 15 is 0 Å². The van der Waals surface area contributed by atoms with Gasteiger partial charge in [0.1, 0.15) is 5.75 Å². The van der Waals surface area contributed by atoms with Crippen molar-refractivity contribution in [1.29, 1.82) is 0 Å². The van der Waals surface area contributed by atoms with Gasteiger partial charge in [-0.2, -0.15) is 0 Å². The molecular weight excluding hydrogens is 344 g/mol. The highest BCUT2D eigenvalue weighted by Crippen LogP contribution is 2.37. The van der Waals surface area contributed by atoms with Crippen LogP contribution in [0.15, 0.2) is 67.0 Å². The molecular formula is C21H16N2O2S. The van der Waals surface area contributed by atoms with Crippen LogP contribution in [0.5, 0.6) is 5.75 Å². The van der Waals surface area contributed by atoms with Gasteiger partial charge < -0.3 is 10.5 Å². The molecule has 0 aliphatic heterocycles. The van der Waals surface area contributed by atoms with Gasteiger partial charge in [-0.15, -0.1) is 11.3 Å². The molecule has 2 heterocycles. The molecule has 0 spiro atoms. The number of ether oxygens (including phenoxy) is 1. The van der Waals surface area contributed by atoms with Gasteiger partial charge in [-0.05, 0) is 29.8 Å². The summed E-state index contributed by atoms with van der Waals surface area (Å²) in [5.41, 5.74) is 9.45. The number of nitrogens with zero attached hydrogens (tertiary/aromatic N) is 1. The van der Waals surface area contributed by atoms with Gasteiger partial charge in [-0.3, -0.25) is 9.78 Å². The first kappa shape index (κ1) is 16.3. The van der Waals surface area contributed by atoms with E-state index in [1.807, 2.05) is 36.5 Å². The zero-order valence-corrected chi connectivity index (χ0v) is 14.9. The molecule has 0 fully saturated rings. The fourth-order valence-corrected chi connectivity index (χ4v) is 4.02. The molecule has 0 unspecified atom stereocenters. The Kier molecular flexibility index (Phi) is 4.14. The summed E-state index contributed by atoms with van der Waals surface area (Å²) < 4.78 is 6.19. The minimum atomic E-state index is -0.0921. The van der Waals surface area contributed by atoms with Gasteiger partial charge >= 0.3 is 0 Å². The lowest BCUT2D eigenvalue weighted by Crippen LogP contribution is -2.02. The monoisotopic (exact) mass is 360 g/mol. The predicted octanol–water partition coefficient (Wildman–Crippen LogP) is 4.79. The number of anilines is 1. The van der Waals surface area contributed by atoms with Gasteiger partial charge in [-0.25, -0.2) is 0 Å². The molecule has 0 bridgehead atoms. The number of nitrogen functional groups attached to an aromatic ring is 1. The Bertz CT molecular complexity index is 1100. The lowest BCUT2D eigenvalue weighted by molar-refractivity contribution is 0.104. The van der Waals surface area contributed by atoms with Crippen LogP contribution >= 0.6 is 11.3 Å². The Morgan fingerprint density at radius 1 is 1.08 bits per heavy atom. The topological polar surface area (TPSA) is 65.2 Å². The van der Waals surface area contributed by atoms with E-state index in [4.69, 9.17) is 10.5 Å². The highest BCUT2D eigenvalue weighted by molar-refractivity contribution is 7.21. The van der Waals surface area contributed by atoms with Gasteiger partial charge in [0, 0.05) is 33.6 Å². The lowest BCUT2D eigenvalue weighted by atomic mass is 10.0. The Morgan fingerprint density at radius 2 is 1.96 bits per heavy atom. The van der Waals surface area contributed by atoms with Crippen molar-refractivity contribution >= 4 is 32.9 Å². The van der Waals surface area contributed by atoms with Crippen molar-refractivity contribution in [3.8, 4) is 16.9 Å². The number of ketones is 1. The summed E-state index contributed by atoms with van der Waals surface area (Å²) in [6, 6.07) is 17.0. The van der Waals surface area contributed by atoms with Crippen LogP contribution in [-0.4, -0.2) is 17.9 Å². The molecule has 4 rings (SSSR count). The van der Waals surface area contributed by atoms with Gasteiger partial charge in [-0.1, -0.05) is 30.3 Å². The van der Waals surface area contributed by atoms with Crippen LogP contribution in [0.3, 0.4) is 0 Å². The molecule has 5 heteroatoms. The van der Waals surface area contributed by atoms with Crippen LogP contribution in [0.1, 0.15) is 15.2 Å². The summed E-state index contributed by atoms with van der Waals surface area (Å²) in [5, 5.41) is 0.897. The zero-order chi connectivity index (χ0) is 18.1. The number of methoxy groups -OCH3 is 1. The van der Waals surface area contributed by atoms with Crippen LogP contribution in [0, 0.1) is 0 Å². The van der Waals surface area contributed by atoms with Gasteiger partial charge in [0.05, 0.1) is 17.7 Å². The number of pyridine rings is 1. The maximum atomic E-state index is 12.9. The molecule has 26 heavy (non-hydrogen) atoms. The Labute approximate surface area is 154 Å². The molecule has 2 aromatic heterocycles. The summed E-state index contributed by atoms with van der Waals surface area (Å²) in [5.74, 6) is 0.555. The predicted molar refractivity (Wildman–Crippen MR) is 106 cm³/mol. The van der Waals surface area contributed by atoms with E-state index in [1.165, 1.54) is 11.3 Å². The van der Waals surface area contributed by atoms with E-state index in [0.717, 1.165) is 21.2 Å². The maximum Gasteiger partial charge on any atom is 0.205 e. The number of hydrogen-bond donors (Lipinski definition) is 1. The number of rotatable bonds is 4. The zero-order valence-electron chi connectivity index (χ0n) is 14.1. The van der Waals surface area contributed by atoms with Crippen molar-refractivity contribution in [3.63, 3.8) is 0 Å². The van der Waals surface area contributed by atoms with E-state index in [1.54, 1.807) is 31.5 Å². The third-order valence-corrected chi connectivity index (χ3v) is 5.43. The van der Waals surface area contributed by atoms with Crippen molar-refractivity contribution in [3.05, 3.63) is 77.4 Å². The summed E-state index contributed by atoms with van der Waals surface area (Å²) in [6.45, 7) is 0. The van der Waals surface area contributed by atoms with Crippen LogP contribution in [0.25, 0.3) is 21.2 Å². The first-order chi connectivity index (χ1) is 12.7. The van der Waals surface area contributed by atoms with E-state index in [9.17, 15) is 4.79 Å². The highest BCUT2D eigenvalue weighted by Gasteiger charge is 2.19. The minimum absolute atomic E-state index is 0.0921. The second-order valence-corrected chi connectivity index (χ2v) is 6.91. The van der Waals surface area contributed by atoms with E-state index in [-0.39, 0.29) is 5.78 Å². The van der Waals surface area contributed by atoms with E-state index in [2.05, 4.69) is 11.1 Å². The van der Waals surface area contributed by atoms with Crippen LogP contribution in [0.2, 0.25) is 0 Å². The first-order valence-electron chi connectivity index (χ1n) is 8.08. The molecule has 2 aromatic carbocycles. The number of thiophene rings is 1. The van der Waals surface area contributed by atoms with Crippen molar-refractivity contribution in [2.75, 3.05) is 12.8 Å². The average Bonchev–Trinajstić information content (AvgIpc) is 3.04. The molecule has 0 aliphatic rings. The molecule has 0 saturated heterocycles. The fourth-order valence-electron chi connectivity index (χ4n) is 2.89. The number of hydrogen-bond acceptors (Lipinski definition) is 5. The first-order valence-corrected chi connectivity index (χ1v) is 8.90. The van der Waals surface area contributed by atoms with Gasteiger partial charge in [0.15, 0.2) is 0 Å². The smallest absolute Gasteiger partial charge is 0.205 e. The summed E-state index contributed by atoms with van der Waals surface area (Å²) in [4.78, 5) is 17.6. The number of carbonyl (C=O) groups excluding carboxylic acids is 1. The summed E-state index contributed by atoms with van der Waals surface area (Å²) in [7, 11) is 1.58. The summed E-state index contributed by atoms with van der Waals surface area (Å²) >= 11 is 1.41. The third-order valence-electron chi connectivity index (χ3n) is 4.26. The largest absolute Gasteiger partial charge is 0.497 e. The molecule has 4 aromatic rings. The third kappa shape index (κ3) is 2.82. The standard InChI is InChI=1S/C21H16N2O2S/c1-25-16-6-2-4-14(10-16)20(24)21-19(22)17-8-7-13(11-18(17)26-21)15-5-3-9-23-12-15/h2-12H,22H2,1H3. The minimum Gasteiger partial charge on any atom is -0.497 e. The van der Waals surface area contributed by atoms with Crippen LogP contribution < -0.4 is 10.5 Å².